The zero-order valence-corrected chi connectivity index (χ0v) is 12.3. The highest BCUT2D eigenvalue weighted by atomic mass is 32.1. The molecule has 1 aromatic carbocycles. The first-order valence-electron chi connectivity index (χ1n) is 6.97. The van der Waals surface area contributed by atoms with Crippen LogP contribution in [-0.4, -0.2) is 35.5 Å². The normalized spacial score (nSPS) is 15.5. The number of ether oxygens (including phenoxy) is 1. The van der Waals surface area contributed by atoms with Gasteiger partial charge in [0.25, 0.3) is 5.91 Å². The Morgan fingerprint density at radius 2 is 1.75 bits per heavy atom. The summed E-state index contributed by atoms with van der Waals surface area (Å²) in [6.45, 7) is 1.79. The number of thiocarbonyl (C=S) groups is 1. The number of hydrogen-bond acceptors (Lipinski definition) is 3. The van der Waals surface area contributed by atoms with Gasteiger partial charge in [0.2, 0.25) is 0 Å². The van der Waals surface area contributed by atoms with Gasteiger partial charge in [-0.05, 0) is 37.1 Å². The van der Waals surface area contributed by atoms with E-state index < -0.39 is 0 Å². The average Bonchev–Trinajstić information content (AvgIpc) is 2.74. The Balaban J connectivity index is 1.84. The SMILES string of the molecule is NC(=S)c1ccc(OCC(=O)N2CCCCCC2)cc1. The van der Waals surface area contributed by atoms with E-state index in [1.165, 1.54) is 12.8 Å². The largest absolute Gasteiger partial charge is 0.484 e. The molecule has 1 aliphatic rings. The molecule has 1 heterocycles. The van der Waals surface area contributed by atoms with Crippen LogP contribution in [0.25, 0.3) is 0 Å². The first-order chi connectivity index (χ1) is 9.66. The van der Waals surface area contributed by atoms with Crippen LogP contribution < -0.4 is 10.5 Å². The predicted molar refractivity (Wildman–Crippen MR) is 82.9 cm³/mol. The second-order valence-electron chi connectivity index (χ2n) is 4.97. The van der Waals surface area contributed by atoms with Gasteiger partial charge in [0.15, 0.2) is 6.61 Å². The summed E-state index contributed by atoms with van der Waals surface area (Å²) >= 11 is 4.89. The Kier molecular flexibility index (Phi) is 5.35. The Bertz CT molecular complexity index is 465. The molecule has 0 aliphatic carbocycles. The van der Waals surface area contributed by atoms with E-state index in [0.717, 1.165) is 31.5 Å². The minimum absolute atomic E-state index is 0.0605. The molecular formula is C15H20N2O2S. The minimum Gasteiger partial charge on any atom is -0.484 e. The van der Waals surface area contributed by atoms with Gasteiger partial charge in [-0.1, -0.05) is 25.1 Å². The summed E-state index contributed by atoms with van der Waals surface area (Å²) in [7, 11) is 0. The van der Waals surface area contributed by atoms with E-state index in [4.69, 9.17) is 22.7 Å². The fourth-order valence-corrected chi connectivity index (χ4v) is 2.41. The number of likely N-dealkylation sites (tertiary alicyclic amines) is 1. The summed E-state index contributed by atoms with van der Waals surface area (Å²) in [6.07, 6.45) is 4.61. The van der Waals surface area contributed by atoms with E-state index in [9.17, 15) is 4.79 Å². The fourth-order valence-electron chi connectivity index (χ4n) is 2.27. The first kappa shape index (κ1) is 14.8. The second-order valence-corrected chi connectivity index (χ2v) is 5.41. The lowest BCUT2D eigenvalue weighted by Gasteiger charge is -2.20. The predicted octanol–water partition coefficient (Wildman–Crippen LogP) is 2.10. The number of hydrogen-bond donors (Lipinski definition) is 1. The molecule has 0 aromatic heterocycles. The van der Waals surface area contributed by atoms with Gasteiger partial charge in [0.1, 0.15) is 10.7 Å². The molecule has 108 valence electrons. The summed E-state index contributed by atoms with van der Waals surface area (Å²) in [5.41, 5.74) is 6.33. The van der Waals surface area contributed by atoms with Gasteiger partial charge in [-0.2, -0.15) is 0 Å². The van der Waals surface area contributed by atoms with Gasteiger partial charge in [-0.3, -0.25) is 4.79 Å². The van der Waals surface area contributed by atoms with Crippen molar-refractivity contribution in [1.29, 1.82) is 0 Å². The van der Waals surface area contributed by atoms with E-state index in [2.05, 4.69) is 0 Å². The van der Waals surface area contributed by atoms with Crippen LogP contribution in [0.5, 0.6) is 5.75 Å². The third kappa shape index (κ3) is 4.20. The molecular weight excluding hydrogens is 272 g/mol. The highest BCUT2D eigenvalue weighted by Gasteiger charge is 2.15. The molecule has 1 saturated heterocycles. The van der Waals surface area contributed by atoms with Crippen molar-refractivity contribution in [2.75, 3.05) is 19.7 Å². The van der Waals surface area contributed by atoms with Crippen molar-refractivity contribution in [2.24, 2.45) is 5.73 Å². The molecule has 4 nitrogen and oxygen atoms in total. The third-order valence-electron chi connectivity index (χ3n) is 3.46. The van der Waals surface area contributed by atoms with Gasteiger partial charge >= 0.3 is 0 Å². The van der Waals surface area contributed by atoms with Crippen molar-refractivity contribution in [1.82, 2.24) is 4.90 Å². The fraction of sp³-hybridized carbons (Fsp3) is 0.467. The van der Waals surface area contributed by atoms with Crippen molar-refractivity contribution < 1.29 is 9.53 Å². The molecule has 1 amide bonds. The van der Waals surface area contributed by atoms with Crippen molar-refractivity contribution in [3.63, 3.8) is 0 Å². The van der Waals surface area contributed by atoms with Crippen LogP contribution in [0.2, 0.25) is 0 Å². The number of nitrogens with zero attached hydrogens (tertiary/aromatic N) is 1. The molecule has 2 N–H and O–H groups in total. The Morgan fingerprint density at radius 3 is 2.30 bits per heavy atom. The van der Waals surface area contributed by atoms with Crippen LogP contribution in [0.4, 0.5) is 0 Å². The maximum absolute atomic E-state index is 12.1. The second kappa shape index (κ2) is 7.24. The lowest BCUT2D eigenvalue weighted by atomic mass is 10.2. The Morgan fingerprint density at radius 1 is 1.15 bits per heavy atom. The first-order valence-corrected chi connectivity index (χ1v) is 7.38. The van der Waals surface area contributed by atoms with E-state index in [-0.39, 0.29) is 12.5 Å². The van der Waals surface area contributed by atoms with Gasteiger partial charge < -0.3 is 15.4 Å². The van der Waals surface area contributed by atoms with Crippen LogP contribution in [0.1, 0.15) is 31.2 Å². The van der Waals surface area contributed by atoms with Crippen LogP contribution in [0.3, 0.4) is 0 Å². The summed E-state index contributed by atoms with van der Waals surface area (Å²) < 4.78 is 5.52. The minimum atomic E-state index is 0.0605. The van der Waals surface area contributed by atoms with Crippen molar-refractivity contribution in [3.8, 4) is 5.75 Å². The smallest absolute Gasteiger partial charge is 0.260 e. The maximum Gasteiger partial charge on any atom is 0.260 e. The molecule has 1 fully saturated rings. The number of rotatable bonds is 4. The number of benzene rings is 1. The molecule has 20 heavy (non-hydrogen) atoms. The van der Waals surface area contributed by atoms with Crippen LogP contribution >= 0.6 is 12.2 Å². The average molecular weight is 292 g/mol. The zero-order valence-electron chi connectivity index (χ0n) is 11.5. The molecule has 5 heteroatoms. The highest BCUT2D eigenvalue weighted by Crippen LogP contribution is 2.13. The Hall–Kier alpha value is -1.62. The highest BCUT2D eigenvalue weighted by molar-refractivity contribution is 7.80. The summed E-state index contributed by atoms with van der Waals surface area (Å²) in [6, 6.07) is 7.16. The third-order valence-corrected chi connectivity index (χ3v) is 3.70. The maximum atomic E-state index is 12.1. The summed E-state index contributed by atoms with van der Waals surface area (Å²) in [5.74, 6) is 0.721. The van der Waals surface area contributed by atoms with E-state index >= 15 is 0 Å². The van der Waals surface area contributed by atoms with Gasteiger partial charge in [-0.25, -0.2) is 0 Å². The number of nitrogens with two attached hydrogens (primary N) is 1. The standard InChI is InChI=1S/C15H20N2O2S/c16-15(20)12-5-7-13(8-6-12)19-11-14(18)17-9-3-1-2-4-10-17/h5-8H,1-4,9-11H2,(H2,16,20). The van der Waals surface area contributed by atoms with E-state index in [0.29, 0.717) is 10.7 Å². The van der Waals surface area contributed by atoms with Gasteiger partial charge in [0.05, 0.1) is 0 Å². The molecule has 0 unspecified atom stereocenters. The van der Waals surface area contributed by atoms with Crippen molar-refractivity contribution in [3.05, 3.63) is 29.8 Å². The van der Waals surface area contributed by atoms with Gasteiger partial charge in [-0.15, -0.1) is 0 Å². The zero-order chi connectivity index (χ0) is 14.4. The van der Waals surface area contributed by atoms with Crippen LogP contribution in [-0.2, 0) is 4.79 Å². The topological polar surface area (TPSA) is 55.6 Å². The molecule has 1 aromatic rings. The molecule has 0 atom stereocenters. The van der Waals surface area contributed by atoms with Crippen molar-refractivity contribution >= 4 is 23.1 Å². The molecule has 1 aliphatic heterocycles. The summed E-state index contributed by atoms with van der Waals surface area (Å²) in [4.78, 5) is 14.3. The van der Waals surface area contributed by atoms with E-state index in [1.807, 2.05) is 4.90 Å². The number of carbonyl (C=O) groups excluding carboxylic acids is 1. The lowest BCUT2D eigenvalue weighted by Crippen LogP contribution is -2.35. The monoisotopic (exact) mass is 292 g/mol. The lowest BCUT2D eigenvalue weighted by molar-refractivity contribution is -0.133. The van der Waals surface area contributed by atoms with E-state index in [1.54, 1.807) is 24.3 Å². The molecule has 0 radical (unpaired) electrons. The molecule has 0 spiro atoms. The van der Waals surface area contributed by atoms with Crippen LogP contribution in [0.15, 0.2) is 24.3 Å². The van der Waals surface area contributed by atoms with Crippen molar-refractivity contribution in [2.45, 2.75) is 25.7 Å². The van der Waals surface area contributed by atoms with Crippen LogP contribution in [0, 0.1) is 0 Å². The van der Waals surface area contributed by atoms with Gasteiger partial charge in [0, 0.05) is 18.7 Å². The molecule has 0 saturated carbocycles. The molecule has 0 bridgehead atoms. The summed E-state index contributed by atoms with van der Waals surface area (Å²) in [5, 5.41) is 0. The number of carbonyl (C=O) groups is 1. The number of amides is 1. The quantitative estimate of drug-likeness (QED) is 0.864. The Labute approximate surface area is 124 Å². The molecule has 2 rings (SSSR count).